The highest BCUT2D eigenvalue weighted by Gasteiger charge is 2.57. The lowest BCUT2D eigenvalue weighted by atomic mass is 9.68. The zero-order valence-electron chi connectivity index (χ0n) is 48.8. The normalized spacial score (nSPS) is 19.7. The molecule has 0 fully saturated rings. The predicted octanol–water partition coefficient (Wildman–Crippen LogP) is 19.7. The van der Waals surface area contributed by atoms with Crippen LogP contribution in [0.25, 0.3) is 0 Å². The van der Waals surface area contributed by atoms with Gasteiger partial charge in [-0.3, -0.25) is 9.59 Å². The van der Waals surface area contributed by atoms with Crippen LogP contribution < -0.4 is 0 Å². The summed E-state index contributed by atoms with van der Waals surface area (Å²) in [6.07, 6.45) is -0.248. The van der Waals surface area contributed by atoms with E-state index in [4.69, 9.17) is 5.11 Å². The van der Waals surface area contributed by atoms with E-state index in [9.17, 15) is 73.9 Å². The number of unbranched alkanes of at least 4 members (excludes halogenated alkanes) is 10. The Morgan fingerprint density at radius 1 is 0.494 bits per heavy atom. The first-order valence-electron chi connectivity index (χ1n) is 29.7. The molecule has 2 unspecified atom stereocenters. The van der Waals surface area contributed by atoms with E-state index >= 15 is 0 Å². The van der Waals surface area contributed by atoms with Crippen molar-refractivity contribution in [1.29, 1.82) is 0 Å². The maximum Gasteiger partial charge on any atom is 0.453 e. The standard InChI is InChI=1S/C33H43F5O4S.C32H41F5O4S/c1-31(24-13-15-25(39)16-14-24)22-43-29-21-26(40)17-18-27(29)28(31)12-8-6-4-3-5-7-10-23(20-30(41)42-2)11-9-19-32(34,35)33(36,37)38;1-30(23-12-14-24(38)15-13-23)21-42-28-20-25(39)16-17-26(28)27(30)11-7-5-3-2-4-6-9-22(19-29(40)41)10-8-18-31(33,34)32(35,36)37/h13-18,21,23,28,39-40H,3-12,19-20,22H2,1-2H3;12-17,20,22,27,38-39H,2-11,18-19,21H2,1H3,(H,40,41)/t23?,28-,31-;22?,27-,30-/m11/s1. The second-order valence-corrected chi connectivity index (χ2v) is 25.8. The SMILES string of the molecule is COC(=O)CC(CCCCCCCC[C@@H]1c2ccc(O)cc2SC[C@]1(C)c1ccc(O)cc1)CCCC(F)(F)C(F)(F)F.C[C@]1(c2ccc(O)cc2)CSc2cc(O)ccc2[C@H]1CCCCCCCCC(CCCC(F)(F)C(F)(F)F)CC(=O)O. The highest BCUT2D eigenvalue weighted by atomic mass is 32.2. The van der Waals surface area contributed by atoms with Gasteiger partial charge < -0.3 is 30.3 Å². The second kappa shape index (κ2) is 32.3. The second-order valence-electron chi connectivity index (χ2n) is 23.8. The first-order chi connectivity index (χ1) is 40.0. The molecule has 474 valence electrons. The van der Waals surface area contributed by atoms with Gasteiger partial charge in [-0.05, 0) is 146 Å². The Morgan fingerprint density at radius 3 is 1.18 bits per heavy atom. The van der Waals surface area contributed by atoms with Gasteiger partial charge in [0.05, 0.1) is 7.11 Å². The number of benzene rings is 4. The number of fused-ring (bicyclic) bond motifs is 2. The van der Waals surface area contributed by atoms with E-state index in [0.717, 1.165) is 110 Å². The number of carboxylic acids is 1. The topological polar surface area (TPSA) is 145 Å². The van der Waals surface area contributed by atoms with Crippen molar-refractivity contribution >= 4 is 35.5 Å². The van der Waals surface area contributed by atoms with Gasteiger partial charge in [-0.15, -0.1) is 23.5 Å². The summed E-state index contributed by atoms with van der Waals surface area (Å²) < 4.78 is 132. The van der Waals surface area contributed by atoms with Gasteiger partial charge >= 0.3 is 36.1 Å². The average molecular weight is 1250 g/mol. The minimum atomic E-state index is -5.58. The average Bonchev–Trinajstić information content (AvgIpc) is 2.32. The molecule has 2 aliphatic heterocycles. The third-order valence-electron chi connectivity index (χ3n) is 17.3. The fourth-order valence-corrected chi connectivity index (χ4v) is 15.0. The Kier molecular flexibility index (Phi) is 26.9. The van der Waals surface area contributed by atoms with Crippen molar-refractivity contribution in [3.63, 3.8) is 0 Å². The van der Waals surface area contributed by atoms with Gasteiger partial charge in [0.15, 0.2) is 0 Å². The number of carbonyl (C=O) groups excluding carboxylic acids is 1. The lowest BCUT2D eigenvalue weighted by molar-refractivity contribution is -0.284. The molecule has 0 saturated heterocycles. The van der Waals surface area contributed by atoms with E-state index in [1.807, 2.05) is 48.5 Å². The number of alkyl halides is 10. The molecule has 8 nitrogen and oxygen atoms in total. The van der Waals surface area contributed by atoms with Crippen molar-refractivity contribution in [3.8, 4) is 23.0 Å². The summed E-state index contributed by atoms with van der Waals surface area (Å²) in [6.45, 7) is 4.52. The number of phenols is 4. The van der Waals surface area contributed by atoms with Crippen LogP contribution in [0.3, 0.4) is 0 Å². The van der Waals surface area contributed by atoms with Gasteiger partial charge in [-0.1, -0.05) is 127 Å². The number of thioether (sulfide) groups is 2. The first kappa shape index (κ1) is 70.8. The number of aromatic hydroxyl groups is 4. The third kappa shape index (κ3) is 21.1. The van der Waals surface area contributed by atoms with Crippen molar-refractivity contribution < 1.29 is 83.8 Å². The van der Waals surface area contributed by atoms with Crippen molar-refractivity contribution in [2.45, 2.75) is 225 Å². The lowest BCUT2D eigenvalue weighted by Gasteiger charge is -2.43. The Labute approximate surface area is 502 Å². The largest absolute Gasteiger partial charge is 0.508 e. The zero-order chi connectivity index (χ0) is 62.6. The smallest absolute Gasteiger partial charge is 0.453 e. The molecule has 5 N–H and O–H groups in total. The van der Waals surface area contributed by atoms with Crippen LogP contribution in [0.15, 0.2) is 94.7 Å². The number of hydrogen-bond donors (Lipinski definition) is 5. The summed E-state index contributed by atoms with van der Waals surface area (Å²) in [5.41, 5.74) is 4.50. The van der Waals surface area contributed by atoms with Crippen LogP contribution in [-0.4, -0.2) is 80.3 Å². The van der Waals surface area contributed by atoms with Gasteiger partial charge in [-0.2, -0.15) is 43.9 Å². The number of halogens is 10. The highest BCUT2D eigenvalue weighted by Crippen LogP contribution is 2.54. The Balaban J connectivity index is 0.000000311. The Morgan fingerprint density at radius 2 is 0.824 bits per heavy atom. The van der Waals surface area contributed by atoms with Gasteiger partial charge in [0, 0.05) is 57.8 Å². The van der Waals surface area contributed by atoms with Gasteiger partial charge in [-0.25, -0.2) is 0 Å². The number of carbonyl (C=O) groups is 2. The molecule has 0 radical (unpaired) electrons. The van der Waals surface area contributed by atoms with Crippen LogP contribution in [0.2, 0.25) is 0 Å². The molecule has 0 saturated carbocycles. The van der Waals surface area contributed by atoms with E-state index < -0.39 is 54.9 Å². The summed E-state index contributed by atoms with van der Waals surface area (Å²) in [6, 6.07) is 26.0. The Hall–Kier alpha value is -4.98. The summed E-state index contributed by atoms with van der Waals surface area (Å²) >= 11 is 3.47. The fraction of sp³-hybridized carbons (Fsp3) is 0.600. The molecule has 6 atom stereocenters. The van der Waals surface area contributed by atoms with Crippen molar-refractivity contribution in [3.05, 3.63) is 107 Å². The van der Waals surface area contributed by atoms with E-state index in [1.165, 1.54) is 23.8 Å². The molecule has 0 spiro atoms. The number of carboxylic acid groups (broad SMARTS) is 1. The quantitative estimate of drug-likeness (QED) is 0.0182. The molecular formula is C65H84F10O8S2. The molecule has 20 heteroatoms. The first-order valence-corrected chi connectivity index (χ1v) is 31.6. The van der Waals surface area contributed by atoms with E-state index in [0.29, 0.717) is 19.3 Å². The molecule has 0 amide bonds. The Bertz CT molecular complexity index is 2690. The molecule has 85 heavy (non-hydrogen) atoms. The molecule has 2 heterocycles. The van der Waals surface area contributed by atoms with Crippen molar-refractivity contribution in [2.24, 2.45) is 11.8 Å². The van der Waals surface area contributed by atoms with Crippen molar-refractivity contribution in [2.75, 3.05) is 18.6 Å². The van der Waals surface area contributed by atoms with Crippen molar-refractivity contribution in [1.82, 2.24) is 0 Å². The molecular weight excluding hydrogens is 1160 g/mol. The van der Waals surface area contributed by atoms with Crippen LogP contribution in [0, 0.1) is 11.8 Å². The minimum Gasteiger partial charge on any atom is -0.508 e. The number of aliphatic carboxylic acids is 1. The summed E-state index contributed by atoms with van der Waals surface area (Å²) in [7, 11) is 1.24. The highest BCUT2D eigenvalue weighted by molar-refractivity contribution is 7.99. The van der Waals surface area contributed by atoms with Gasteiger partial charge in [0.1, 0.15) is 23.0 Å². The molecule has 0 bridgehead atoms. The van der Waals surface area contributed by atoms with Crippen LogP contribution in [-0.2, 0) is 25.2 Å². The number of ether oxygens (including phenoxy) is 1. The van der Waals surface area contributed by atoms with E-state index in [-0.39, 0.29) is 90.1 Å². The maximum atomic E-state index is 13.3. The summed E-state index contributed by atoms with van der Waals surface area (Å²) in [5.74, 6) is -8.54. The summed E-state index contributed by atoms with van der Waals surface area (Å²) in [4.78, 5) is 25.1. The predicted molar refractivity (Wildman–Crippen MR) is 314 cm³/mol. The molecule has 2 aliphatic rings. The molecule has 0 aromatic heterocycles. The van der Waals surface area contributed by atoms with Crippen LogP contribution in [0.1, 0.15) is 202 Å². The number of rotatable bonds is 32. The van der Waals surface area contributed by atoms with Crippen LogP contribution >= 0.6 is 23.5 Å². The minimum absolute atomic E-state index is 0.0206. The number of phenolic OH excluding ortho intramolecular Hbond substituents is 4. The lowest BCUT2D eigenvalue weighted by Crippen LogP contribution is -2.36. The van der Waals surface area contributed by atoms with Gasteiger partial charge in [0.2, 0.25) is 0 Å². The van der Waals surface area contributed by atoms with Crippen LogP contribution in [0.4, 0.5) is 43.9 Å². The molecule has 4 aromatic carbocycles. The van der Waals surface area contributed by atoms with E-state index in [1.54, 1.807) is 59.9 Å². The maximum absolute atomic E-state index is 13.3. The third-order valence-corrected chi connectivity index (χ3v) is 20.1. The number of methoxy groups -OCH3 is 1. The van der Waals surface area contributed by atoms with E-state index in [2.05, 4.69) is 18.6 Å². The molecule has 0 aliphatic carbocycles. The number of hydrogen-bond acceptors (Lipinski definition) is 9. The zero-order valence-corrected chi connectivity index (χ0v) is 50.5. The van der Waals surface area contributed by atoms with Gasteiger partial charge in [0.25, 0.3) is 0 Å². The molecule has 6 rings (SSSR count). The molecule has 4 aromatic rings. The number of esters is 1. The summed E-state index contributed by atoms with van der Waals surface area (Å²) in [5, 5.41) is 48.8. The fourth-order valence-electron chi connectivity index (χ4n) is 12.2. The monoisotopic (exact) mass is 1250 g/mol. The van der Waals surface area contributed by atoms with Crippen LogP contribution in [0.5, 0.6) is 23.0 Å².